The molecule has 4 nitrogen and oxygen atoms in total. The molecule has 1 unspecified atom stereocenters. The van der Waals surface area contributed by atoms with Gasteiger partial charge >= 0.3 is 0 Å². The number of rotatable bonds is 3. The Kier molecular flexibility index (Phi) is 5.23. The number of nitrogens with one attached hydrogen (secondary N) is 2. The Morgan fingerprint density at radius 3 is 2.67 bits per heavy atom. The van der Waals surface area contributed by atoms with Gasteiger partial charge in [-0.15, -0.1) is 0 Å². The fraction of sp³-hybridized carbons (Fsp3) is 0.176. The van der Waals surface area contributed by atoms with Crippen molar-refractivity contribution >= 4 is 57.8 Å². The SMILES string of the molecule is O=C1CC(NC(=S)Nc2cc(Cl)ccc2Cl)CN1c1ccccc1. The van der Waals surface area contributed by atoms with E-state index in [9.17, 15) is 4.79 Å². The molecule has 1 aliphatic rings. The summed E-state index contributed by atoms with van der Waals surface area (Å²) in [4.78, 5) is 14.0. The first-order chi connectivity index (χ1) is 11.5. The highest BCUT2D eigenvalue weighted by molar-refractivity contribution is 7.80. The van der Waals surface area contributed by atoms with E-state index in [4.69, 9.17) is 35.4 Å². The lowest BCUT2D eigenvalue weighted by atomic mass is 10.2. The molecule has 2 aromatic rings. The number of para-hydroxylation sites is 1. The first kappa shape index (κ1) is 17.0. The molecule has 1 amide bonds. The Morgan fingerprint density at radius 2 is 1.92 bits per heavy atom. The van der Waals surface area contributed by atoms with Crippen molar-refractivity contribution in [3.63, 3.8) is 0 Å². The lowest BCUT2D eigenvalue weighted by Crippen LogP contribution is -2.39. The Morgan fingerprint density at radius 1 is 1.17 bits per heavy atom. The van der Waals surface area contributed by atoms with Crippen molar-refractivity contribution in [2.45, 2.75) is 12.5 Å². The number of nitrogens with zero attached hydrogens (tertiary/aromatic N) is 1. The van der Waals surface area contributed by atoms with Crippen molar-refractivity contribution in [1.82, 2.24) is 5.32 Å². The van der Waals surface area contributed by atoms with Crippen LogP contribution in [-0.4, -0.2) is 23.6 Å². The number of carbonyl (C=O) groups is 1. The summed E-state index contributed by atoms with van der Waals surface area (Å²) >= 11 is 17.4. The highest BCUT2D eigenvalue weighted by atomic mass is 35.5. The predicted molar refractivity (Wildman–Crippen MR) is 103 cm³/mol. The van der Waals surface area contributed by atoms with E-state index in [0.717, 1.165) is 5.69 Å². The van der Waals surface area contributed by atoms with Crippen molar-refractivity contribution in [2.75, 3.05) is 16.8 Å². The van der Waals surface area contributed by atoms with Gasteiger partial charge in [0.15, 0.2) is 5.11 Å². The maximum absolute atomic E-state index is 12.2. The van der Waals surface area contributed by atoms with Gasteiger partial charge in [-0.05, 0) is 42.5 Å². The summed E-state index contributed by atoms with van der Waals surface area (Å²) < 4.78 is 0. The fourth-order valence-electron chi connectivity index (χ4n) is 2.60. The van der Waals surface area contributed by atoms with Gasteiger partial charge < -0.3 is 15.5 Å². The molecule has 3 rings (SSSR count). The van der Waals surface area contributed by atoms with Gasteiger partial charge in [0.05, 0.1) is 16.8 Å². The molecular weight excluding hydrogens is 365 g/mol. The van der Waals surface area contributed by atoms with Crippen LogP contribution in [0.2, 0.25) is 10.0 Å². The third-order valence-electron chi connectivity index (χ3n) is 3.70. The largest absolute Gasteiger partial charge is 0.357 e. The van der Waals surface area contributed by atoms with E-state index < -0.39 is 0 Å². The molecule has 124 valence electrons. The number of hydrogen-bond donors (Lipinski definition) is 2. The van der Waals surface area contributed by atoms with Crippen LogP contribution in [-0.2, 0) is 4.79 Å². The zero-order valence-corrected chi connectivity index (χ0v) is 15.0. The lowest BCUT2D eigenvalue weighted by molar-refractivity contribution is -0.117. The third kappa shape index (κ3) is 3.98. The van der Waals surface area contributed by atoms with E-state index in [-0.39, 0.29) is 11.9 Å². The maximum Gasteiger partial charge on any atom is 0.229 e. The van der Waals surface area contributed by atoms with Crippen LogP contribution in [0.25, 0.3) is 0 Å². The van der Waals surface area contributed by atoms with E-state index in [0.29, 0.717) is 33.8 Å². The summed E-state index contributed by atoms with van der Waals surface area (Å²) in [6.07, 6.45) is 0.389. The molecule has 1 fully saturated rings. The van der Waals surface area contributed by atoms with Crippen molar-refractivity contribution < 1.29 is 4.79 Å². The molecule has 24 heavy (non-hydrogen) atoms. The summed E-state index contributed by atoms with van der Waals surface area (Å²) in [6.45, 7) is 0.563. The summed E-state index contributed by atoms with van der Waals surface area (Å²) in [7, 11) is 0. The fourth-order valence-corrected chi connectivity index (χ4v) is 3.21. The molecule has 2 N–H and O–H groups in total. The second-order valence-corrected chi connectivity index (χ2v) is 6.72. The van der Waals surface area contributed by atoms with Crippen molar-refractivity contribution in [3.8, 4) is 0 Å². The Bertz CT molecular complexity index is 770. The first-order valence-corrected chi connectivity index (χ1v) is 8.57. The van der Waals surface area contributed by atoms with Crippen molar-refractivity contribution in [3.05, 3.63) is 58.6 Å². The average molecular weight is 380 g/mol. The van der Waals surface area contributed by atoms with Gasteiger partial charge in [0, 0.05) is 23.7 Å². The number of anilines is 2. The predicted octanol–water partition coefficient (Wildman–Crippen LogP) is 4.09. The van der Waals surface area contributed by atoms with Crippen LogP contribution in [0.1, 0.15) is 6.42 Å². The van der Waals surface area contributed by atoms with Crippen LogP contribution in [0, 0.1) is 0 Å². The van der Waals surface area contributed by atoms with Gasteiger partial charge in [0.25, 0.3) is 0 Å². The summed E-state index contributed by atoms with van der Waals surface area (Å²) in [5.41, 5.74) is 1.52. The molecule has 0 radical (unpaired) electrons. The number of carbonyl (C=O) groups excluding carboxylic acids is 1. The second kappa shape index (κ2) is 7.38. The molecule has 0 bridgehead atoms. The monoisotopic (exact) mass is 379 g/mol. The van der Waals surface area contributed by atoms with Gasteiger partial charge in [0.1, 0.15) is 0 Å². The molecular formula is C17H15Cl2N3OS. The highest BCUT2D eigenvalue weighted by Crippen LogP contribution is 2.26. The van der Waals surface area contributed by atoms with Crippen LogP contribution in [0.5, 0.6) is 0 Å². The number of benzene rings is 2. The molecule has 1 atom stereocenters. The van der Waals surface area contributed by atoms with Crippen LogP contribution >= 0.6 is 35.4 Å². The minimum atomic E-state index is -0.0596. The molecule has 1 saturated heterocycles. The van der Waals surface area contributed by atoms with E-state index in [1.807, 2.05) is 30.3 Å². The Hall–Kier alpha value is -1.82. The molecule has 1 aliphatic heterocycles. The van der Waals surface area contributed by atoms with Gasteiger partial charge in [-0.1, -0.05) is 41.4 Å². The summed E-state index contributed by atoms with van der Waals surface area (Å²) in [5.74, 6) is 0.0716. The topological polar surface area (TPSA) is 44.4 Å². The molecule has 0 spiro atoms. The number of amides is 1. The van der Waals surface area contributed by atoms with E-state index in [2.05, 4.69) is 10.6 Å². The zero-order valence-electron chi connectivity index (χ0n) is 12.6. The third-order valence-corrected chi connectivity index (χ3v) is 4.49. The smallest absolute Gasteiger partial charge is 0.229 e. The number of thiocarbonyl (C=S) groups is 1. The molecule has 0 aromatic heterocycles. The van der Waals surface area contributed by atoms with Crippen LogP contribution in [0.15, 0.2) is 48.5 Å². The standard InChI is InChI=1S/C17H15Cl2N3OS/c18-11-6-7-14(19)15(8-11)21-17(24)20-12-9-16(23)22(10-12)13-4-2-1-3-5-13/h1-8,12H,9-10H2,(H2,20,21,24). The van der Waals surface area contributed by atoms with E-state index in [1.165, 1.54) is 0 Å². The van der Waals surface area contributed by atoms with E-state index >= 15 is 0 Å². The second-order valence-electron chi connectivity index (χ2n) is 5.46. The van der Waals surface area contributed by atoms with Gasteiger partial charge in [-0.2, -0.15) is 0 Å². The minimum Gasteiger partial charge on any atom is -0.357 e. The lowest BCUT2D eigenvalue weighted by Gasteiger charge is -2.18. The van der Waals surface area contributed by atoms with E-state index in [1.54, 1.807) is 23.1 Å². The average Bonchev–Trinajstić information content (AvgIpc) is 2.92. The molecule has 0 saturated carbocycles. The van der Waals surface area contributed by atoms with Gasteiger partial charge in [-0.3, -0.25) is 4.79 Å². The van der Waals surface area contributed by atoms with Crippen molar-refractivity contribution in [1.29, 1.82) is 0 Å². The summed E-state index contributed by atoms with van der Waals surface area (Å²) in [5, 5.41) is 7.68. The minimum absolute atomic E-state index is 0.0596. The first-order valence-electron chi connectivity index (χ1n) is 7.41. The maximum atomic E-state index is 12.2. The molecule has 0 aliphatic carbocycles. The molecule has 1 heterocycles. The Labute approximate surface area is 155 Å². The quantitative estimate of drug-likeness (QED) is 0.788. The Balaban J connectivity index is 1.61. The van der Waals surface area contributed by atoms with Crippen LogP contribution in [0.3, 0.4) is 0 Å². The highest BCUT2D eigenvalue weighted by Gasteiger charge is 2.30. The zero-order chi connectivity index (χ0) is 17.1. The van der Waals surface area contributed by atoms with Crippen LogP contribution in [0.4, 0.5) is 11.4 Å². The normalized spacial score (nSPS) is 17.0. The number of halogens is 2. The molecule has 2 aromatic carbocycles. The van der Waals surface area contributed by atoms with Crippen LogP contribution < -0.4 is 15.5 Å². The van der Waals surface area contributed by atoms with Crippen molar-refractivity contribution in [2.24, 2.45) is 0 Å². The molecule has 7 heteroatoms. The summed E-state index contributed by atoms with van der Waals surface area (Å²) in [6, 6.07) is 14.6. The number of hydrogen-bond acceptors (Lipinski definition) is 2. The van der Waals surface area contributed by atoms with Gasteiger partial charge in [0.2, 0.25) is 5.91 Å². The van der Waals surface area contributed by atoms with Gasteiger partial charge in [-0.25, -0.2) is 0 Å².